The number of pyridine rings is 1. The second-order valence-electron chi connectivity index (χ2n) is 4.94. The molecule has 17 heavy (non-hydrogen) atoms. The predicted molar refractivity (Wildman–Crippen MR) is 74.9 cm³/mol. The summed E-state index contributed by atoms with van der Waals surface area (Å²) < 4.78 is 1.12. The van der Waals surface area contributed by atoms with Crippen LogP contribution in [0, 0.1) is 5.92 Å². The summed E-state index contributed by atoms with van der Waals surface area (Å²) in [5, 5.41) is 3.39. The molecule has 0 aromatic carbocycles. The third-order valence-electron chi connectivity index (χ3n) is 3.80. The van der Waals surface area contributed by atoms with Crippen LogP contribution in [0.25, 0.3) is 0 Å². The first-order valence-electron chi connectivity index (χ1n) is 6.59. The van der Waals surface area contributed by atoms with Crippen LogP contribution < -0.4 is 5.32 Å². The van der Waals surface area contributed by atoms with Crippen LogP contribution >= 0.6 is 15.9 Å². The molecule has 0 amide bonds. The first-order chi connectivity index (χ1) is 8.31. The molecule has 2 nitrogen and oxygen atoms in total. The van der Waals surface area contributed by atoms with Gasteiger partial charge in [0.1, 0.15) is 0 Å². The van der Waals surface area contributed by atoms with Gasteiger partial charge in [-0.1, -0.05) is 25.7 Å². The molecule has 0 bridgehead atoms. The van der Waals surface area contributed by atoms with E-state index in [4.69, 9.17) is 0 Å². The lowest BCUT2D eigenvalue weighted by molar-refractivity contribution is 0.422. The maximum atomic E-state index is 4.49. The summed E-state index contributed by atoms with van der Waals surface area (Å²) in [6.07, 6.45) is 10.1. The number of hydrogen-bond donors (Lipinski definition) is 1. The van der Waals surface area contributed by atoms with Crippen LogP contribution in [-0.2, 0) is 0 Å². The molecule has 1 aliphatic rings. The van der Waals surface area contributed by atoms with Crippen molar-refractivity contribution in [3.8, 4) is 0 Å². The topological polar surface area (TPSA) is 24.9 Å². The molecule has 2 rings (SSSR count). The van der Waals surface area contributed by atoms with Gasteiger partial charge in [-0.25, -0.2) is 0 Å². The van der Waals surface area contributed by atoms with Gasteiger partial charge in [0, 0.05) is 10.7 Å². The van der Waals surface area contributed by atoms with E-state index < -0.39 is 0 Å². The fraction of sp³-hybridized carbons (Fsp3) is 0.643. The fourth-order valence-corrected chi connectivity index (χ4v) is 3.30. The summed E-state index contributed by atoms with van der Waals surface area (Å²) in [5.41, 5.74) is 1.15. The Bertz CT molecular complexity index is 348. The van der Waals surface area contributed by atoms with Crippen molar-refractivity contribution in [2.45, 2.75) is 44.6 Å². The fourth-order valence-electron chi connectivity index (χ4n) is 2.77. The van der Waals surface area contributed by atoms with Gasteiger partial charge < -0.3 is 5.32 Å². The smallest absolute Gasteiger partial charge is 0.0714 e. The van der Waals surface area contributed by atoms with E-state index in [1.54, 1.807) is 0 Å². The molecule has 1 aromatic rings. The maximum Gasteiger partial charge on any atom is 0.0714 e. The SMILES string of the molecule is CNC(CCC1CCCC1)c1ncccc1Br. The van der Waals surface area contributed by atoms with Gasteiger partial charge in [0.2, 0.25) is 0 Å². The average Bonchev–Trinajstić information content (AvgIpc) is 2.85. The van der Waals surface area contributed by atoms with Crippen LogP contribution in [0.5, 0.6) is 0 Å². The average molecular weight is 297 g/mol. The standard InChI is InChI=1S/C14H21BrN2/c1-16-13(9-8-11-5-2-3-6-11)14-12(15)7-4-10-17-14/h4,7,10-11,13,16H,2-3,5-6,8-9H2,1H3. The van der Waals surface area contributed by atoms with Crippen molar-refractivity contribution < 1.29 is 0 Å². The van der Waals surface area contributed by atoms with Crippen molar-refractivity contribution in [1.82, 2.24) is 10.3 Å². The third kappa shape index (κ3) is 3.52. The van der Waals surface area contributed by atoms with E-state index in [0.717, 1.165) is 16.1 Å². The van der Waals surface area contributed by atoms with Crippen LogP contribution in [0.3, 0.4) is 0 Å². The monoisotopic (exact) mass is 296 g/mol. The van der Waals surface area contributed by atoms with Gasteiger partial charge in [-0.05, 0) is 53.9 Å². The highest BCUT2D eigenvalue weighted by atomic mass is 79.9. The Labute approximate surface area is 112 Å². The number of halogens is 1. The molecule has 0 saturated heterocycles. The van der Waals surface area contributed by atoms with E-state index in [1.807, 2.05) is 19.3 Å². The van der Waals surface area contributed by atoms with Crippen molar-refractivity contribution in [2.75, 3.05) is 7.05 Å². The molecule has 94 valence electrons. The lowest BCUT2D eigenvalue weighted by atomic mass is 9.97. The molecular formula is C14H21BrN2. The van der Waals surface area contributed by atoms with Gasteiger partial charge in [-0.2, -0.15) is 0 Å². The van der Waals surface area contributed by atoms with E-state index in [-0.39, 0.29) is 0 Å². The first-order valence-corrected chi connectivity index (χ1v) is 7.38. The summed E-state index contributed by atoms with van der Waals surface area (Å²) in [7, 11) is 2.03. The van der Waals surface area contributed by atoms with Crippen molar-refractivity contribution in [3.05, 3.63) is 28.5 Å². The summed E-state index contributed by atoms with van der Waals surface area (Å²) in [4.78, 5) is 4.49. The van der Waals surface area contributed by atoms with E-state index >= 15 is 0 Å². The van der Waals surface area contributed by atoms with E-state index in [2.05, 4.69) is 32.3 Å². The lowest BCUT2D eigenvalue weighted by Crippen LogP contribution is -2.19. The summed E-state index contributed by atoms with van der Waals surface area (Å²) in [6, 6.07) is 4.42. The largest absolute Gasteiger partial charge is 0.312 e. The molecule has 1 N–H and O–H groups in total. The van der Waals surface area contributed by atoms with Crippen LogP contribution in [0.15, 0.2) is 22.8 Å². The number of hydrogen-bond acceptors (Lipinski definition) is 2. The van der Waals surface area contributed by atoms with Gasteiger partial charge >= 0.3 is 0 Å². The minimum absolute atomic E-state index is 0.381. The highest BCUT2D eigenvalue weighted by Crippen LogP contribution is 2.32. The second kappa shape index (κ2) is 6.50. The number of nitrogens with one attached hydrogen (secondary N) is 1. The molecule has 1 aliphatic carbocycles. The Hall–Kier alpha value is -0.410. The Balaban J connectivity index is 1.94. The summed E-state index contributed by atoms with van der Waals surface area (Å²) in [5.74, 6) is 0.952. The normalized spacial score (nSPS) is 18.5. The Morgan fingerprint density at radius 3 is 2.88 bits per heavy atom. The van der Waals surface area contributed by atoms with Crippen LogP contribution in [0.1, 0.15) is 50.3 Å². The molecular weight excluding hydrogens is 276 g/mol. The first kappa shape index (κ1) is 13.0. The molecule has 0 radical (unpaired) electrons. The van der Waals surface area contributed by atoms with Gasteiger partial charge in [0.25, 0.3) is 0 Å². The van der Waals surface area contributed by atoms with Crippen molar-refractivity contribution in [3.63, 3.8) is 0 Å². The van der Waals surface area contributed by atoms with Crippen LogP contribution in [0.4, 0.5) is 0 Å². The molecule has 3 heteroatoms. The predicted octanol–water partition coefficient (Wildman–Crippen LogP) is 4.08. The van der Waals surface area contributed by atoms with Gasteiger partial charge in [-0.3, -0.25) is 4.98 Å². The number of nitrogens with zero attached hydrogens (tertiary/aromatic N) is 1. The molecule has 0 spiro atoms. The van der Waals surface area contributed by atoms with Crippen LogP contribution in [0.2, 0.25) is 0 Å². The van der Waals surface area contributed by atoms with E-state index in [0.29, 0.717) is 6.04 Å². The van der Waals surface area contributed by atoms with Gasteiger partial charge in [0.05, 0.1) is 11.7 Å². The molecule has 1 aromatic heterocycles. The summed E-state index contributed by atoms with van der Waals surface area (Å²) >= 11 is 3.59. The van der Waals surface area contributed by atoms with Crippen LogP contribution in [-0.4, -0.2) is 12.0 Å². The lowest BCUT2D eigenvalue weighted by Gasteiger charge is -2.18. The van der Waals surface area contributed by atoms with Gasteiger partial charge in [-0.15, -0.1) is 0 Å². The summed E-state index contributed by atoms with van der Waals surface area (Å²) in [6.45, 7) is 0. The highest BCUT2D eigenvalue weighted by molar-refractivity contribution is 9.10. The molecule has 1 fully saturated rings. The zero-order chi connectivity index (χ0) is 12.1. The maximum absolute atomic E-state index is 4.49. The quantitative estimate of drug-likeness (QED) is 0.886. The molecule has 1 heterocycles. The van der Waals surface area contributed by atoms with Crippen molar-refractivity contribution >= 4 is 15.9 Å². The van der Waals surface area contributed by atoms with Crippen molar-refractivity contribution in [2.24, 2.45) is 5.92 Å². The molecule has 0 aliphatic heterocycles. The third-order valence-corrected chi connectivity index (χ3v) is 4.47. The van der Waals surface area contributed by atoms with E-state index in [9.17, 15) is 0 Å². The minimum atomic E-state index is 0.381. The second-order valence-corrected chi connectivity index (χ2v) is 5.79. The zero-order valence-corrected chi connectivity index (χ0v) is 12.0. The molecule has 1 atom stereocenters. The van der Waals surface area contributed by atoms with Gasteiger partial charge in [0.15, 0.2) is 0 Å². The van der Waals surface area contributed by atoms with Crippen molar-refractivity contribution in [1.29, 1.82) is 0 Å². The minimum Gasteiger partial charge on any atom is -0.312 e. The number of rotatable bonds is 5. The Kier molecular flexibility index (Phi) is 4.99. The molecule has 1 saturated carbocycles. The molecule has 1 unspecified atom stereocenters. The Morgan fingerprint density at radius 1 is 1.47 bits per heavy atom. The highest BCUT2D eigenvalue weighted by Gasteiger charge is 2.19. The number of aromatic nitrogens is 1. The zero-order valence-electron chi connectivity index (χ0n) is 10.5. The Morgan fingerprint density at radius 2 is 2.24 bits per heavy atom. The van der Waals surface area contributed by atoms with E-state index in [1.165, 1.54) is 38.5 Å².